The quantitative estimate of drug-likeness (QED) is 0.250. The van der Waals surface area contributed by atoms with E-state index >= 15 is 0 Å². The summed E-state index contributed by atoms with van der Waals surface area (Å²) in [5, 5.41) is 2.93. The number of unbranched alkanes of at least 4 members (excludes halogenated alkanes) is 5. The molecule has 0 heterocycles. The largest absolute Gasteiger partial charge is 0.0836 e. The third-order valence-electron chi connectivity index (χ3n) is 8.96. The molecule has 3 aromatic rings. The van der Waals surface area contributed by atoms with Crippen LogP contribution in [-0.4, -0.2) is 0 Å². The van der Waals surface area contributed by atoms with Gasteiger partial charge in [-0.05, 0) is 100 Å². The zero-order valence-corrected chi connectivity index (χ0v) is 21.3. The minimum Gasteiger partial charge on any atom is -0.0836 e. The van der Waals surface area contributed by atoms with Crippen LogP contribution in [0.4, 0.5) is 0 Å². The molecule has 0 spiro atoms. The van der Waals surface area contributed by atoms with Gasteiger partial charge in [-0.2, -0.15) is 0 Å². The average molecular weight is 447 g/mol. The summed E-state index contributed by atoms with van der Waals surface area (Å²) < 4.78 is 0. The van der Waals surface area contributed by atoms with Crippen molar-refractivity contribution < 1.29 is 0 Å². The summed E-state index contributed by atoms with van der Waals surface area (Å²) in [4.78, 5) is 0. The smallest absolute Gasteiger partial charge is 0.0397 e. The van der Waals surface area contributed by atoms with Gasteiger partial charge >= 0.3 is 0 Å². The third-order valence-corrected chi connectivity index (χ3v) is 8.96. The van der Waals surface area contributed by atoms with Gasteiger partial charge in [0.1, 0.15) is 0 Å². The van der Waals surface area contributed by atoms with Gasteiger partial charge in [0.2, 0.25) is 0 Å². The van der Waals surface area contributed by atoms with Crippen molar-refractivity contribution in [2.75, 3.05) is 0 Å². The second-order valence-electron chi connectivity index (χ2n) is 10.9. The van der Waals surface area contributed by atoms with Gasteiger partial charge in [0.25, 0.3) is 0 Å². The second kappa shape index (κ2) is 8.56. The maximum atomic E-state index is 2.62. The van der Waals surface area contributed by atoms with Crippen molar-refractivity contribution in [3.63, 3.8) is 0 Å². The Labute approximate surface area is 205 Å². The van der Waals surface area contributed by atoms with Crippen LogP contribution in [0.1, 0.15) is 97.2 Å². The molecule has 1 unspecified atom stereocenters. The van der Waals surface area contributed by atoms with E-state index in [0.29, 0.717) is 0 Å². The van der Waals surface area contributed by atoms with E-state index in [1.54, 1.807) is 33.4 Å². The molecule has 0 radical (unpaired) electrons. The number of rotatable bonds is 7. The van der Waals surface area contributed by atoms with E-state index in [0.717, 1.165) is 12.8 Å². The SMILES string of the molecule is CCCCCCCCC12C=CCc3c1c(c1ccccc1c3C)-c1c2cc(C)c2c1CCC=C2. The standard InChI is InChI=1S/C34H38/c1-4-5-6-7-8-13-20-34-21-14-19-27-24(3)26-16-10-12-18-29(26)32(33(27)34)31-28-17-11-9-15-25(28)23(2)22-30(31)34/h9-10,12,14-16,18,21-22H,4-8,11,13,17,19-20H2,1-3H3. The Morgan fingerprint density at radius 3 is 2.50 bits per heavy atom. The van der Waals surface area contributed by atoms with Gasteiger partial charge in [0.15, 0.2) is 0 Å². The molecule has 1 atom stereocenters. The zero-order valence-electron chi connectivity index (χ0n) is 21.3. The van der Waals surface area contributed by atoms with Crippen molar-refractivity contribution >= 4 is 16.8 Å². The molecule has 0 N–H and O–H groups in total. The first kappa shape index (κ1) is 21.9. The van der Waals surface area contributed by atoms with E-state index in [4.69, 9.17) is 0 Å². The van der Waals surface area contributed by atoms with E-state index in [1.807, 2.05) is 0 Å². The molecule has 3 aliphatic carbocycles. The lowest BCUT2D eigenvalue weighted by atomic mass is 9.68. The molecule has 34 heavy (non-hydrogen) atoms. The number of hydrogen-bond acceptors (Lipinski definition) is 0. The monoisotopic (exact) mass is 446 g/mol. The molecule has 0 aromatic heterocycles. The van der Waals surface area contributed by atoms with Crippen molar-refractivity contribution in [3.05, 3.63) is 87.5 Å². The van der Waals surface area contributed by atoms with Crippen LogP contribution in [-0.2, 0) is 18.3 Å². The van der Waals surface area contributed by atoms with Crippen LogP contribution in [0.15, 0.2) is 48.6 Å². The maximum Gasteiger partial charge on any atom is 0.0397 e. The summed E-state index contributed by atoms with van der Waals surface area (Å²) in [5.74, 6) is 0. The molecule has 0 heteroatoms. The molecule has 0 amide bonds. The molecular formula is C34H38. The molecule has 0 nitrogen and oxygen atoms in total. The van der Waals surface area contributed by atoms with Gasteiger partial charge in [-0.25, -0.2) is 0 Å². The minimum atomic E-state index is 0.0543. The Bertz CT molecular complexity index is 1330. The van der Waals surface area contributed by atoms with Crippen LogP contribution in [0.25, 0.3) is 28.0 Å². The predicted molar refractivity (Wildman–Crippen MR) is 148 cm³/mol. The van der Waals surface area contributed by atoms with Gasteiger partial charge in [0.05, 0.1) is 0 Å². The summed E-state index contributed by atoms with van der Waals surface area (Å²) in [6.07, 6.45) is 22.7. The van der Waals surface area contributed by atoms with Gasteiger partial charge in [-0.3, -0.25) is 0 Å². The van der Waals surface area contributed by atoms with Gasteiger partial charge < -0.3 is 0 Å². The lowest BCUT2D eigenvalue weighted by molar-refractivity contribution is 0.511. The summed E-state index contributed by atoms with van der Waals surface area (Å²) in [6, 6.07) is 11.8. The normalized spacial score (nSPS) is 19.4. The number of allylic oxidation sites excluding steroid dienone is 3. The number of hydrogen-bond donors (Lipinski definition) is 0. The Morgan fingerprint density at radius 2 is 1.65 bits per heavy atom. The highest BCUT2D eigenvalue weighted by atomic mass is 14.5. The Morgan fingerprint density at radius 1 is 0.853 bits per heavy atom. The number of benzene rings is 3. The molecule has 0 aliphatic heterocycles. The highest BCUT2D eigenvalue weighted by Crippen LogP contribution is 2.60. The molecule has 0 saturated carbocycles. The number of fused-ring (bicyclic) bond motifs is 7. The highest BCUT2D eigenvalue weighted by molar-refractivity contribution is 6.07. The predicted octanol–water partition coefficient (Wildman–Crippen LogP) is 9.55. The molecular weight excluding hydrogens is 408 g/mol. The Balaban J connectivity index is 1.60. The van der Waals surface area contributed by atoms with Gasteiger partial charge in [-0.1, -0.05) is 100 Å². The van der Waals surface area contributed by atoms with Gasteiger partial charge in [-0.15, -0.1) is 0 Å². The fourth-order valence-electron chi connectivity index (χ4n) is 7.34. The lowest BCUT2D eigenvalue weighted by Crippen LogP contribution is -2.27. The molecule has 3 aliphatic rings. The molecule has 0 fully saturated rings. The maximum absolute atomic E-state index is 2.62. The fourth-order valence-corrected chi connectivity index (χ4v) is 7.34. The van der Waals surface area contributed by atoms with Crippen LogP contribution < -0.4 is 0 Å². The van der Waals surface area contributed by atoms with Crippen molar-refractivity contribution in [2.24, 2.45) is 0 Å². The van der Waals surface area contributed by atoms with E-state index in [9.17, 15) is 0 Å². The topological polar surface area (TPSA) is 0 Å². The molecule has 6 rings (SSSR count). The summed E-state index contributed by atoms with van der Waals surface area (Å²) in [5.41, 5.74) is 14.2. The van der Waals surface area contributed by atoms with Crippen LogP contribution in [0.5, 0.6) is 0 Å². The van der Waals surface area contributed by atoms with Crippen molar-refractivity contribution in [1.29, 1.82) is 0 Å². The summed E-state index contributed by atoms with van der Waals surface area (Å²) in [6.45, 7) is 7.02. The highest BCUT2D eigenvalue weighted by Gasteiger charge is 2.46. The van der Waals surface area contributed by atoms with E-state index in [-0.39, 0.29) is 5.41 Å². The molecule has 3 aromatic carbocycles. The van der Waals surface area contributed by atoms with E-state index < -0.39 is 0 Å². The van der Waals surface area contributed by atoms with Crippen molar-refractivity contribution in [3.8, 4) is 11.1 Å². The first-order valence-corrected chi connectivity index (χ1v) is 13.7. The Hall–Kier alpha value is -2.60. The minimum absolute atomic E-state index is 0.0543. The van der Waals surface area contributed by atoms with Crippen LogP contribution in [0, 0.1) is 13.8 Å². The first-order chi connectivity index (χ1) is 16.7. The molecule has 174 valence electrons. The van der Waals surface area contributed by atoms with E-state index in [2.05, 4.69) is 75.4 Å². The van der Waals surface area contributed by atoms with Crippen LogP contribution >= 0.6 is 0 Å². The molecule has 0 saturated heterocycles. The molecule has 0 bridgehead atoms. The van der Waals surface area contributed by atoms with E-state index in [1.165, 1.54) is 78.8 Å². The Kier molecular flexibility index (Phi) is 5.51. The average Bonchev–Trinajstić information content (AvgIpc) is 3.16. The van der Waals surface area contributed by atoms with Crippen molar-refractivity contribution in [1.82, 2.24) is 0 Å². The summed E-state index contributed by atoms with van der Waals surface area (Å²) in [7, 11) is 0. The van der Waals surface area contributed by atoms with Crippen molar-refractivity contribution in [2.45, 2.75) is 90.4 Å². The number of aryl methyl sites for hydroxylation is 2. The fraction of sp³-hybridized carbons (Fsp3) is 0.412. The van der Waals surface area contributed by atoms with Crippen LogP contribution in [0.3, 0.4) is 0 Å². The zero-order chi connectivity index (χ0) is 23.3. The lowest BCUT2D eigenvalue weighted by Gasteiger charge is -2.35. The van der Waals surface area contributed by atoms with Crippen LogP contribution in [0.2, 0.25) is 0 Å². The summed E-state index contributed by atoms with van der Waals surface area (Å²) >= 11 is 0. The van der Waals surface area contributed by atoms with Gasteiger partial charge in [0, 0.05) is 5.41 Å². The third kappa shape index (κ3) is 3.10. The first-order valence-electron chi connectivity index (χ1n) is 13.7. The second-order valence-corrected chi connectivity index (χ2v) is 10.9.